The minimum atomic E-state index is -0.150. The van der Waals surface area contributed by atoms with Crippen LogP contribution in [0.15, 0.2) is 55.2 Å². The maximum atomic E-state index is 13.5. The summed E-state index contributed by atoms with van der Waals surface area (Å²) in [5.74, 6) is 0.492. The first kappa shape index (κ1) is 19.2. The van der Waals surface area contributed by atoms with Crippen molar-refractivity contribution >= 4 is 11.4 Å². The van der Waals surface area contributed by atoms with Gasteiger partial charge in [0, 0.05) is 24.0 Å². The van der Waals surface area contributed by atoms with Crippen LogP contribution < -0.4 is 4.74 Å². The highest BCUT2D eigenvalue weighted by atomic mass is 16.5. The first-order valence-corrected chi connectivity index (χ1v) is 10.3. The minimum Gasteiger partial charge on any atom is -0.471 e. The predicted octanol–water partition coefficient (Wildman–Crippen LogP) is 2.69. The highest BCUT2D eigenvalue weighted by Gasteiger charge is 2.32. The van der Waals surface area contributed by atoms with Crippen molar-refractivity contribution in [2.45, 2.75) is 38.8 Å². The van der Waals surface area contributed by atoms with E-state index in [9.17, 15) is 4.79 Å². The van der Waals surface area contributed by atoms with E-state index in [1.54, 1.807) is 35.5 Å². The Bertz CT molecular complexity index is 1220. The molecule has 1 saturated heterocycles. The fraction of sp³-hybridized carbons (Fsp3) is 0.318. The van der Waals surface area contributed by atoms with Crippen molar-refractivity contribution in [1.29, 1.82) is 0 Å². The minimum absolute atomic E-state index is 0.0552. The molecular weight excluding hydrogens is 394 g/mol. The molecule has 1 aromatic carbocycles. The summed E-state index contributed by atoms with van der Waals surface area (Å²) in [4.78, 5) is 21.3. The maximum Gasteiger partial charge on any atom is 0.256 e. The molecule has 2 atom stereocenters. The number of amides is 1. The molecule has 0 aliphatic carbocycles. The van der Waals surface area contributed by atoms with E-state index in [1.807, 2.05) is 36.1 Å². The Hall–Kier alpha value is -3.75. The number of ether oxygens (including phenoxy) is 1. The molecule has 1 aliphatic heterocycles. The molecule has 0 unspecified atom stereocenters. The van der Waals surface area contributed by atoms with Gasteiger partial charge in [-0.05, 0) is 38.8 Å². The zero-order chi connectivity index (χ0) is 21.4. The Kier molecular flexibility index (Phi) is 4.85. The highest BCUT2D eigenvalue weighted by molar-refractivity contribution is 5.98. The topological polar surface area (TPSA) is 90.4 Å². The van der Waals surface area contributed by atoms with Crippen molar-refractivity contribution in [1.82, 2.24) is 34.5 Å². The predicted molar refractivity (Wildman–Crippen MR) is 113 cm³/mol. The summed E-state index contributed by atoms with van der Waals surface area (Å²) in [7, 11) is 0. The van der Waals surface area contributed by atoms with E-state index in [2.05, 4.69) is 27.2 Å². The molecule has 3 aromatic heterocycles. The van der Waals surface area contributed by atoms with Gasteiger partial charge in [0.25, 0.3) is 5.91 Å². The molecule has 0 saturated carbocycles. The molecule has 4 heterocycles. The third-order valence-electron chi connectivity index (χ3n) is 5.73. The maximum absolute atomic E-state index is 13.5. The lowest BCUT2D eigenvalue weighted by atomic mass is 9.99. The van der Waals surface area contributed by atoms with Crippen LogP contribution in [0.4, 0.5) is 0 Å². The van der Waals surface area contributed by atoms with Gasteiger partial charge in [-0.3, -0.25) is 4.79 Å². The quantitative estimate of drug-likeness (QED) is 0.507. The number of rotatable bonds is 4. The third-order valence-corrected chi connectivity index (χ3v) is 5.73. The smallest absolute Gasteiger partial charge is 0.256 e. The van der Waals surface area contributed by atoms with Crippen molar-refractivity contribution in [3.63, 3.8) is 0 Å². The zero-order valence-electron chi connectivity index (χ0n) is 17.4. The van der Waals surface area contributed by atoms with Crippen LogP contribution >= 0.6 is 0 Å². The van der Waals surface area contributed by atoms with E-state index < -0.39 is 0 Å². The van der Waals surface area contributed by atoms with E-state index in [1.165, 1.54) is 4.80 Å². The molecule has 0 bridgehead atoms. The number of carbonyl (C=O) groups is 1. The second-order valence-electron chi connectivity index (χ2n) is 7.81. The van der Waals surface area contributed by atoms with Gasteiger partial charge in [-0.25, -0.2) is 9.50 Å². The summed E-state index contributed by atoms with van der Waals surface area (Å²) in [6.07, 6.45) is 10.0. The monoisotopic (exact) mass is 417 g/mol. The van der Waals surface area contributed by atoms with Gasteiger partial charge in [0.2, 0.25) is 5.88 Å². The molecular formula is C22H23N7O2. The van der Waals surface area contributed by atoms with Gasteiger partial charge in [-0.2, -0.15) is 20.1 Å². The standard InChI is InChI=1S/C22H23N7O2/c1-15-13-26-28-12-11-23-21(20(15)28)31-17-8-7-16(2)27(14-17)22(30)18-5-3-4-6-19(18)29-24-9-10-25-29/h3-6,9-13,16-17H,7-8,14H2,1-2H3/t16-,17-/m1/s1. The fourth-order valence-electron chi connectivity index (χ4n) is 4.07. The number of hydrogen-bond acceptors (Lipinski definition) is 6. The zero-order valence-corrected chi connectivity index (χ0v) is 17.4. The summed E-state index contributed by atoms with van der Waals surface area (Å²) in [6, 6.07) is 7.50. The Morgan fingerprint density at radius 1 is 1.10 bits per heavy atom. The summed E-state index contributed by atoms with van der Waals surface area (Å²) in [6.45, 7) is 4.54. The molecule has 9 nitrogen and oxygen atoms in total. The third kappa shape index (κ3) is 3.52. The van der Waals surface area contributed by atoms with Crippen molar-refractivity contribution in [2.24, 2.45) is 0 Å². The largest absolute Gasteiger partial charge is 0.471 e. The van der Waals surface area contributed by atoms with Crippen molar-refractivity contribution in [2.75, 3.05) is 6.54 Å². The van der Waals surface area contributed by atoms with Crippen LogP contribution in [0.1, 0.15) is 35.7 Å². The average molecular weight is 417 g/mol. The Morgan fingerprint density at radius 3 is 2.74 bits per heavy atom. The van der Waals surface area contributed by atoms with E-state index in [0.717, 1.165) is 23.9 Å². The fourth-order valence-corrected chi connectivity index (χ4v) is 4.07. The van der Waals surface area contributed by atoms with Crippen LogP contribution in [-0.2, 0) is 0 Å². The van der Waals surface area contributed by atoms with Gasteiger partial charge >= 0.3 is 0 Å². The van der Waals surface area contributed by atoms with Crippen molar-refractivity contribution in [3.8, 4) is 11.6 Å². The van der Waals surface area contributed by atoms with Crippen LogP contribution in [0.3, 0.4) is 0 Å². The number of likely N-dealkylation sites (tertiary alicyclic amines) is 1. The van der Waals surface area contributed by atoms with Crippen molar-refractivity contribution < 1.29 is 9.53 Å². The number of hydrogen-bond donors (Lipinski definition) is 0. The highest BCUT2D eigenvalue weighted by Crippen LogP contribution is 2.27. The van der Waals surface area contributed by atoms with E-state index >= 15 is 0 Å². The lowest BCUT2D eigenvalue weighted by Gasteiger charge is -2.38. The summed E-state index contributed by atoms with van der Waals surface area (Å²) < 4.78 is 8.04. The normalized spacial score (nSPS) is 19.0. The lowest BCUT2D eigenvalue weighted by molar-refractivity contribution is 0.0376. The van der Waals surface area contributed by atoms with Crippen LogP contribution in [0.2, 0.25) is 0 Å². The van der Waals surface area contributed by atoms with Crippen molar-refractivity contribution in [3.05, 3.63) is 66.4 Å². The number of aromatic nitrogens is 6. The second-order valence-corrected chi connectivity index (χ2v) is 7.81. The number of carbonyl (C=O) groups excluding carboxylic acids is 1. The second kappa shape index (κ2) is 7.82. The Balaban J connectivity index is 1.40. The molecule has 1 amide bonds. The van der Waals surface area contributed by atoms with Gasteiger partial charge in [-0.1, -0.05) is 12.1 Å². The van der Waals surface area contributed by atoms with Gasteiger partial charge in [-0.15, -0.1) is 0 Å². The Morgan fingerprint density at radius 2 is 1.90 bits per heavy atom. The van der Waals surface area contributed by atoms with E-state index in [0.29, 0.717) is 23.7 Å². The summed E-state index contributed by atoms with van der Waals surface area (Å²) in [5.41, 5.74) is 3.09. The van der Waals surface area contributed by atoms with Gasteiger partial charge in [0.05, 0.1) is 36.4 Å². The molecule has 0 radical (unpaired) electrons. The molecule has 1 fully saturated rings. The lowest BCUT2D eigenvalue weighted by Crippen LogP contribution is -2.49. The molecule has 0 spiro atoms. The number of benzene rings is 1. The summed E-state index contributed by atoms with van der Waals surface area (Å²) in [5, 5.41) is 12.7. The van der Waals surface area contributed by atoms with Gasteiger partial charge < -0.3 is 9.64 Å². The number of para-hydroxylation sites is 1. The number of piperidine rings is 1. The SMILES string of the molecule is Cc1cnn2ccnc(O[C@@H]3CC[C@@H](C)N(C(=O)c4ccccc4-n4nccn4)C3)c12. The summed E-state index contributed by atoms with van der Waals surface area (Å²) >= 11 is 0. The van der Waals surface area contributed by atoms with E-state index in [4.69, 9.17) is 4.74 Å². The van der Waals surface area contributed by atoms with Gasteiger partial charge in [0.1, 0.15) is 11.6 Å². The first-order valence-electron chi connectivity index (χ1n) is 10.3. The van der Waals surface area contributed by atoms with Crippen LogP contribution in [0.25, 0.3) is 11.2 Å². The number of aryl methyl sites for hydroxylation is 1. The Labute approximate surface area is 179 Å². The molecule has 0 N–H and O–H groups in total. The van der Waals surface area contributed by atoms with Gasteiger partial charge in [0.15, 0.2) is 0 Å². The van der Waals surface area contributed by atoms with Crippen LogP contribution in [0, 0.1) is 6.92 Å². The number of nitrogens with zero attached hydrogens (tertiary/aromatic N) is 7. The average Bonchev–Trinajstić information content (AvgIpc) is 3.45. The number of fused-ring (bicyclic) bond motifs is 1. The van der Waals surface area contributed by atoms with Crippen LogP contribution in [-0.4, -0.2) is 59.1 Å². The van der Waals surface area contributed by atoms with Crippen LogP contribution in [0.5, 0.6) is 5.88 Å². The molecule has 1 aliphatic rings. The molecule has 158 valence electrons. The molecule has 9 heteroatoms. The molecule has 4 aromatic rings. The molecule has 5 rings (SSSR count). The molecule has 31 heavy (non-hydrogen) atoms. The first-order chi connectivity index (χ1) is 15.1. The van der Waals surface area contributed by atoms with E-state index in [-0.39, 0.29) is 18.1 Å².